The van der Waals surface area contributed by atoms with Crippen LogP contribution in [0.4, 0.5) is 41.4 Å². The molecule has 4 heterocycles. The van der Waals surface area contributed by atoms with Crippen LogP contribution in [-0.4, -0.2) is 173 Å². The number of nitrogens with one attached hydrogen (secondary N) is 2. The number of carbonyl (C=O) groups is 2. The fourth-order valence-electron chi connectivity index (χ4n) is 9.98. The van der Waals surface area contributed by atoms with E-state index in [0.717, 1.165) is 62.1 Å². The van der Waals surface area contributed by atoms with Gasteiger partial charge >= 0.3 is 12.1 Å². The van der Waals surface area contributed by atoms with Gasteiger partial charge in [0.05, 0.1) is 73.9 Å². The Kier molecular flexibility index (Phi) is 22.0. The molecule has 6 aromatic rings. The zero-order chi connectivity index (χ0) is 53.3. The summed E-state index contributed by atoms with van der Waals surface area (Å²) in [5.74, 6) is 2.44. The summed E-state index contributed by atoms with van der Waals surface area (Å²) in [6, 6.07) is 16.6. The highest BCUT2D eigenvalue weighted by molar-refractivity contribution is 6.31. The molecule has 0 bridgehead atoms. The maximum atomic E-state index is 13.6. The smallest absolute Gasteiger partial charge is 0.320 e. The average molecular weight is 1140 g/mol. The number of hydrogen-bond acceptors (Lipinski definition) is 14. The number of morpholine rings is 2. The van der Waals surface area contributed by atoms with Gasteiger partial charge in [-0.25, -0.2) is 38.3 Å². The molecule has 428 valence electrons. The summed E-state index contributed by atoms with van der Waals surface area (Å²) in [6.45, 7) is 4.91. The number of fused-ring (bicyclic) bond motifs is 2. The lowest BCUT2D eigenvalue weighted by Crippen LogP contribution is -2.51. The SMILES string of the molecule is COc1cc2ncnc(Nc3ccc(F)c(Cl)c3)c2cc1OC1CCC(N(C)C(=O)N2CCOCC2)CC1.COc1cc2ncnc(Nc3ccc(F)c(Cl)c3)c2cc1OC1CCC(N(C)C(=O)N2CCOCC2)CC1.O.O.O. The minimum absolute atomic E-state index is 0. The lowest BCUT2D eigenvalue weighted by molar-refractivity contribution is 0.0369. The van der Waals surface area contributed by atoms with Crippen LogP contribution in [0.5, 0.6) is 23.0 Å². The van der Waals surface area contributed by atoms with E-state index in [4.69, 9.17) is 51.6 Å². The third kappa shape index (κ3) is 14.9. The van der Waals surface area contributed by atoms with Crippen molar-refractivity contribution in [2.24, 2.45) is 0 Å². The van der Waals surface area contributed by atoms with Crippen molar-refractivity contribution < 1.29 is 63.2 Å². The van der Waals surface area contributed by atoms with Gasteiger partial charge in [0.25, 0.3) is 0 Å². The summed E-state index contributed by atoms with van der Waals surface area (Å²) < 4.78 is 62.0. The molecule has 4 fully saturated rings. The fraction of sp³-hybridized carbons (Fsp3) is 0.444. The minimum atomic E-state index is -0.489. The van der Waals surface area contributed by atoms with Crippen molar-refractivity contribution in [3.05, 3.63) is 95.0 Å². The Labute approximate surface area is 466 Å². The average Bonchev–Trinajstić information content (AvgIpc) is 3.45. The highest BCUT2D eigenvalue weighted by Gasteiger charge is 2.33. The molecule has 0 unspecified atom stereocenters. The van der Waals surface area contributed by atoms with E-state index < -0.39 is 11.6 Å². The van der Waals surface area contributed by atoms with Gasteiger partial charge in [-0.05, 0) is 99.9 Å². The second-order valence-corrected chi connectivity index (χ2v) is 19.9. The molecule has 4 aliphatic rings. The van der Waals surface area contributed by atoms with Gasteiger partial charge in [0.1, 0.15) is 35.9 Å². The fourth-order valence-corrected chi connectivity index (χ4v) is 10.3. The summed E-state index contributed by atoms with van der Waals surface area (Å²) in [5.41, 5.74) is 2.55. The van der Waals surface area contributed by atoms with Crippen molar-refractivity contribution in [3.8, 4) is 23.0 Å². The molecule has 79 heavy (non-hydrogen) atoms. The Bertz CT molecular complexity index is 2800. The van der Waals surface area contributed by atoms with Gasteiger partial charge in [-0.1, -0.05) is 23.2 Å². The number of ether oxygens (including phenoxy) is 6. The third-order valence-electron chi connectivity index (χ3n) is 14.3. The second-order valence-electron chi connectivity index (χ2n) is 19.1. The monoisotopic (exact) mass is 1140 g/mol. The van der Waals surface area contributed by atoms with Crippen molar-refractivity contribution in [2.75, 3.05) is 91.6 Å². The molecule has 2 aliphatic heterocycles. The normalized spacial score (nSPS) is 19.0. The van der Waals surface area contributed by atoms with Crippen LogP contribution in [0.1, 0.15) is 51.4 Å². The predicted molar refractivity (Wildman–Crippen MR) is 297 cm³/mol. The highest BCUT2D eigenvalue weighted by atomic mass is 35.5. The van der Waals surface area contributed by atoms with Gasteiger partial charge in [0.2, 0.25) is 0 Å². The van der Waals surface area contributed by atoms with E-state index in [-0.39, 0.29) is 62.8 Å². The number of carbonyl (C=O) groups excluding carboxylic acids is 2. The van der Waals surface area contributed by atoms with Crippen LogP contribution in [0.2, 0.25) is 10.0 Å². The molecule has 2 saturated carbocycles. The molecular formula is C54H68Cl2F2N10O11. The number of hydrogen-bond donors (Lipinski definition) is 2. The number of urea groups is 2. The van der Waals surface area contributed by atoms with Gasteiger partial charge in [-0.3, -0.25) is 0 Å². The molecule has 8 N–H and O–H groups in total. The Morgan fingerprint density at radius 1 is 0.557 bits per heavy atom. The minimum Gasteiger partial charge on any atom is -0.493 e. The van der Waals surface area contributed by atoms with E-state index in [0.29, 0.717) is 110 Å². The molecule has 0 spiro atoms. The topological polar surface area (TPSA) is 273 Å². The summed E-state index contributed by atoms with van der Waals surface area (Å²) in [6.07, 6.45) is 9.56. The van der Waals surface area contributed by atoms with Crippen LogP contribution in [0.3, 0.4) is 0 Å². The van der Waals surface area contributed by atoms with Crippen LogP contribution in [0.25, 0.3) is 21.8 Å². The van der Waals surface area contributed by atoms with Crippen LogP contribution in [-0.2, 0) is 9.47 Å². The van der Waals surface area contributed by atoms with Crippen LogP contribution >= 0.6 is 23.2 Å². The Morgan fingerprint density at radius 2 is 0.924 bits per heavy atom. The molecule has 2 saturated heterocycles. The zero-order valence-corrected chi connectivity index (χ0v) is 45.9. The Morgan fingerprint density at radius 3 is 1.27 bits per heavy atom. The molecular weight excluding hydrogens is 1070 g/mol. The first-order valence-corrected chi connectivity index (χ1v) is 26.2. The van der Waals surface area contributed by atoms with Crippen molar-refractivity contribution in [1.29, 1.82) is 0 Å². The van der Waals surface area contributed by atoms with E-state index in [1.165, 1.54) is 36.9 Å². The van der Waals surface area contributed by atoms with Crippen molar-refractivity contribution in [3.63, 3.8) is 0 Å². The van der Waals surface area contributed by atoms with Crippen LogP contribution in [0, 0.1) is 11.6 Å². The van der Waals surface area contributed by atoms with Crippen LogP contribution < -0.4 is 29.6 Å². The quantitative estimate of drug-likeness (QED) is 0.117. The molecule has 21 nitrogen and oxygen atoms in total. The van der Waals surface area contributed by atoms with E-state index >= 15 is 0 Å². The first-order valence-electron chi connectivity index (χ1n) is 25.5. The largest absolute Gasteiger partial charge is 0.493 e. The summed E-state index contributed by atoms with van der Waals surface area (Å²) in [7, 11) is 6.97. The summed E-state index contributed by atoms with van der Waals surface area (Å²) in [5, 5.41) is 7.88. The number of aromatic nitrogens is 4. The molecule has 4 amide bonds. The number of nitrogens with zero attached hydrogens (tertiary/aromatic N) is 8. The van der Waals surface area contributed by atoms with Crippen molar-refractivity contribution >= 4 is 80.1 Å². The molecule has 2 aliphatic carbocycles. The molecule has 4 aromatic carbocycles. The van der Waals surface area contributed by atoms with E-state index in [2.05, 4.69) is 30.6 Å². The number of methoxy groups -OCH3 is 2. The second kappa shape index (κ2) is 28.3. The van der Waals surface area contributed by atoms with Crippen LogP contribution in [0.15, 0.2) is 73.3 Å². The maximum absolute atomic E-state index is 13.6. The first kappa shape index (κ1) is 61.4. The Hall–Kier alpha value is -6.86. The van der Waals surface area contributed by atoms with Gasteiger partial charge in [-0.2, -0.15) is 0 Å². The molecule has 0 atom stereocenters. The molecule has 2 aromatic heterocycles. The van der Waals surface area contributed by atoms with Gasteiger partial charge < -0.3 is 75.1 Å². The summed E-state index contributed by atoms with van der Waals surface area (Å²) in [4.78, 5) is 50.7. The number of amides is 4. The van der Waals surface area contributed by atoms with E-state index in [9.17, 15) is 18.4 Å². The number of halogens is 4. The highest BCUT2D eigenvalue weighted by Crippen LogP contribution is 2.40. The van der Waals surface area contributed by atoms with Gasteiger partial charge in [-0.15, -0.1) is 0 Å². The lowest BCUT2D eigenvalue weighted by Gasteiger charge is -2.38. The van der Waals surface area contributed by atoms with Crippen molar-refractivity contribution in [1.82, 2.24) is 39.5 Å². The van der Waals surface area contributed by atoms with Crippen molar-refractivity contribution in [2.45, 2.75) is 75.7 Å². The van der Waals surface area contributed by atoms with E-state index in [1.807, 2.05) is 58.0 Å². The lowest BCUT2D eigenvalue weighted by atomic mass is 9.92. The molecule has 0 radical (unpaired) electrons. The number of rotatable bonds is 12. The molecule has 10 rings (SSSR count). The summed E-state index contributed by atoms with van der Waals surface area (Å²) >= 11 is 11.9. The first-order chi connectivity index (χ1) is 36.8. The Balaban J connectivity index is 0.000000246. The van der Waals surface area contributed by atoms with E-state index in [1.54, 1.807) is 26.4 Å². The molecule has 25 heteroatoms. The van der Waals surface area contributed by atoms with Gasteiger partial charge in [0, 0.05) is 86.6 Å². The van der Waals surface area contributed by atoms with Gasteiger partial charge in [0.15, 0.2) is 23.0 Å². The number of benzene rings is 4. The number of anilines is 4. The predicted octanol–water partition coefficient (Wildman–Crippen LogP) is 8.02. The standard InChI is InChI=1S/2C27H31ClFN5O4.3H2O/c2*1-33(27(35)34-9-11-37-12-10-34)18-4-6-19(7-5-18)38-25-14-20-23(15-24(25)36-2)30-16-31-26(20)32-17-3-8-22(29)21(28)13-17;;;/h2*3,8,13-16,18-19H,4-7,9-12H2,1-2H3,(H,30,31,32);3*1H2. The maximum Gasteiger partial charge on any atom is 0.320 e. The third-order valence-corrected chi connectivity index (χ3v) is 14.9. The zero-order valence-electron chi connectivity index (χ0n) is 44.4.